The molecule has 1 aromatic heterocycles. The van der Waals surface area contributed by atoms with Gasteiger partial charge in [0.15, 0.2) is 5.69 Å². The quantitative estimate of drug-likeness (QED) is 0.567. The van der Waals surface area contributed by atoms with Gasteiger partial charge in [0.25, 0.3) is 11.6 Å². The molecule has 1 amide bonds. The van der Waals surface area contributed by atoms with E-state index in [0.29, 0.717) is 18.7 Å². The van der Waals surface area contributed by atoms with E-state index in [2.05, 4.69) is 10.4 Å². The first-order valence-corrected chi connectivity index (χ1v) is 8.45. The molecule has 27 heavy (non-hydrogen) atoms. The second-order valence-corrected chi connectivity index (χ2v) is 6.12. The monoisotopic (exact) mass is 364 g/mol. The molecule has 3 aromatic rings. The Hall–Kier alpha value is -3.68. The van der Waals surface area contributed by atoms with E-state index >= 15 is 0 Å². The summed E-state index contributed by atoms with van der Waals surface area (Å²) in [5.74, 6) is 0.503. The largest absolute Gasteiger partial charge is 0.493 e. The Balaban J connectivity index is 1.50. The summed E-state index contributed by atoms with van der Waals surface area (Å²) in [6.45, 7) is 0.541. The van der Waals surface area contributed by atoms with Gasteiger partial charge in [-0.25, -0.2) is 4.68 Å². The molecule has 1 atom stereocenters. The molecule has 2 heterocycles. The van der Waals surface area contributed by atoms with Crippen LogP contribution in [0.1, 0.15) is 28.5 Å². The van der Waals surface area contributed by atoms with Crippen molar-refractivity contribution < 1.29 is 14.5 Å². The van der Waals surface area contributed by atoms with Crippen molar-refractivity contribution in [2.75, 3.05) is 6.61 Å². The fourth-order valence-electron chi connectivity index (χ4n) is 3.04. The van der Waals surface area contributed by atoms with Crippen LogP contribution in [-0.4, -0.2) is 27.2 Å². The van der Waals surface area contributed by atoms with Gasteiger partial charge in [-0.3, -0.25) is 14.9 Å². The normalized spacial score (nSPS) is 15.5. The van der Waals surface area contributed by atoms with Gasteiger partial charge in [0, 0.05) is 30.3 Å². The van der Waals surface area contributed by atoms with Crippen molar-refractivity contribution >= 4 is 11.6 Å². The third-order valence-electron chi connectivity index (χ3n) is 4.41. The summed E-state index contributed by atoms with van der Waals surface area (Å²) in [6.07, 6.45) is 2.33. The minimum atomic E-state index is -0.461. The van der Waals surface area contributed by atoms with Crippen LogP contribution in [0.3, 0.4) is 0 Å². The number of hydrogen-bond acceptors (Lipinski definition) is 5. The number of aromatic nitrogens is 2. The molecule has 0 unspecified atom stereocenters. The number of benzene rings is 2. The highest BCUT2D eigenvalue weighted by Gasteiger charge is 2.24. The van der Waals surface area contributed by atoms with Crippen LogP contribution >= 0.6 is 0 Å². The molecule has 0 radical (unpaired) electrons. The number of nitrogens with one attached hydrogen (secondary N) is 1. The molecule has 136 valence electrons. The molecule has 0 spiro atoms. The number of nitro benzene ring substituents is 1. The lowest BCUT2D eigenvalue weighted by Gasteiger charge is -2.26. The summed E-state index contributed by atoms with van der Waals surface area (Å²) in [5, 5.41) is 18.0. The summed E-state index contributed by atoms with van der Waals surface area (Å²) in [7, 11) is 0. The summed E-state index contributed by atoms with van der Waals surface area (Å²) in [6, 6.07) is 15.1. The van der Waals surface area contributed by atoms with Crippen molar-refractivity contribution in [3.05, 3.63) is 82.2 Å². The van der Waals surface area contributed by atoms with Gasteiger partial charge in [-0.1, -0.05) is 18.2 Å². The van der Waals surface area contributed by atoms with Crippen molar-refractivity contribution in [2.24, 2.45) is 0 Å². The van der Waals surface area contributed by atoms with Crippen LogP contribution in [-0.2, 0) is 0 Å². The number of para-hydroxylation sites is 1. The number of nitrogens with zero attached hydrogens (tertiary/aromatic N) is 3. The minimum absolute atomic E-state index is 0.00190. The second-order valence-electron chi connectivity index (χ2n) is 6.12. The number of amides is 1. The van der Waals surface area contributed by atoms with E-state index in [4.69, 9.17) is 4.74 Å². The number of nitro groups is 1. The lowest BCUT2D eigenvalue weighted by molar-refractivity contribution is -0.384. The zero-order valence-electron chi connectivity index (χ0n) is 14.2. The molecule has 1 N–H and O–H groups in total. The average Bonchev–Trinajstić information content (AvgIpc) is 3.19. The van der Waals surface area contributed by atoms with E-state index in [0.717, 1.165) is 11.3 Å². The predicted molar refractivity (Wildman–Crippen MR) is 97.0 cm³/mol. The highest BCUT2D eigenvalue weighted by molar-refractivity contribution is 5.92. The number of non-ortho nitro benzene ring substituents is 1. The van der Waals surface area contributed by atoms with Crippen molar-refractivity contribution in [2.45, 2.75) is 12.5 Å². The van der Waals surface area contributed by atoms with Gasteiger partial charge in [0.1, 0.15) is 5.75 Å². The van der Waals surface area contributed by atoms with Crippen molar-refractivity contribution in [3.63, 3.8) is 0 Å². The maximum Gasteiger partial charge on any atom is 0.272 e. The topological polar surface area (TPSA) is 99.3 Å². The van der Waals surface area contributed by atoms with Crippen molar-refractivity contribution in [1.82, 2.24) is 15.1 Å². The van der Waals surface area contributed by atoms with E-state index in [1.165, 1.54) is 16.8 Å². The number of fused-ring (bicyclic) bond motifs is 1. The Morgan fingerprint density at radius 2 is 1.96 bits per heavy atom. The number of carbonyl (C=O) groups is 1. The van der Waals surface area contributed by atoms with Gasteiger partial charge in [-0.05, 0) is 24.3 Å². The average molecular weight is 364 g/mol. The molecule has 0 fully saturated rings. The molecule has 2 aromatic carbocycles. The first kappa shape index (κ1) is 16.8. The minimum Gasteiger partial charge on any atom is -0.493 e. The van der Waals surface area contributed by atoms with Crippen LogP contribution in [0, 0.1) is 10.1 Å². The molecule has 1 aliphatic rings. The Bertz CT molecular complexity index is 997. The molecular formula is C19H16N4O4. The predicted octanol–water partition coefficient (Wildman–Crippen LogP) is 3.03. The van der Waals surface area contributed by atoms with Crippen LogP contribution in [0.4, 0.5) is 5.69 Å². The summed E-state index contributed by atoms with van der Waals surface area (Å²) in [4.78, 5) is 22.9. The zero-order valence-corrected chi connectivity index (χ0v) is 14.2. The molecule has 0 aliphatic carbocycles. The zero-order chi connectivity index (χ0) is 18.8. The number of hydrogen-bond donors (Lipinski definition) is 1. The molecule has 0 saturated carbocycles. The lowest BCUT2D eigenvalue weighted by atomic mass is 10.0. The Morgan fingerprint density at radius 1 is 1.19 bits per heavy atom. The smallest absolute Gasteiger partial charge is 0.272 e. The molecule has 1 aliphatic heterocycles. The van der Waals surface area contributed by atoms with E-state index in [-0.39, 0.29) is 23.3 Å². The van der Waals surface area contributed by atoms with Gasteiger partial charge >= 0.3 is 0 Å². The van der Waals surface area contributed by atoms with Gasteiger partial charge in [0.05, 0.1) is 23.3 Å². The summed E-state index contributed by atoms with van der Waals surface area (Å²) >= 11 is 0. The van der Waals surface area contributed by atoms with Crippen LogP contribution in [0.2, 0.25) is 0 Å². The standard InChI is InChI=1S/C19H16N4O4/c24-19(20-16-10-12-27-18-4-2-1-3-15(16)18)17-9-11-22(21-17)13-5-7-14(8-6-13)23(25)26/h1-9,11,16H,10,12H2,(H,20,24)/t16-/m0/s1. The first-order valence-electron chi connectivity index (χ1n) is 8.45. The molecule has 8 nitrogen and oxygen atoms in total. The van der Waals surface area contributed by atoms with Crippen LogP contribution in [0.5, 0.6) is 5.75 Å². The number of rotatable bonds is 4. The molecule has 0 bridgehead atoms. The molecule has 8 heteroatoms. The highest BCUT2D eigenvalue weighted by atomic mass is 16.6. The van der Waals surface area contributed by atoms with E-state index in [1.807, 2.05) is 24.3 Å². The van der Waals surface area contributed by atoms with Crippen LogP contribution in [0.15, 0.2) is 60.8 Å². The summed E-state index contributed by atoms with van der Waals surface area (Å²) < 4.78 is 7.12. The number of ether oxygens (including phenoxy) is 1. The SMILES string of the molecule is O=C(N[C@H]1CCOc2ccccc21)c1ccn(-c2ccc([N+](=O)[O-])cc2)n1. The van der Waals surface area contributed by atoms with Crippen molar-refractivity contribution in [3.8, 4) is 11.4 Å². The van der Waals surface area contributed by atoms with E-state index < -0.39 is 4.92 Å². The number of carbonyl (C=O) groups excluding carboxylic acids is 1. The highest BCUT2D eigenvalue weighted by Crippen LogP contribution is 2.31. The van der Waals surface area contributed by atoms with Gasteiger partial charge < -0.3 is 10.1 Å². The second kappa shape index (κ2) is 6.91. The Morgan fingerprint density at radius 3 is 2.74 bits per heavy atom. The fraction of sp³-hybridized carbons (Fsp3) is 0.158. The van der Waals surface area contributed by atoms with Crippen molar-refractivity contribution in [1.29, 1.82) is 0 Å². The van der Waals surface area contributed by atoms with Crippen LogP contribution < -0.4 is 10.1 Å². The van der Waals surface area contributed by atoms with E-state index in [9.17, 15) is 14.9 Å². The molecule has 4 rings (SSSR count). The van der Waals surface area contributed by atoms with Gasteiger partial charge in [0.2, 0.25) is 0 Å². The third-order valence-corrected chi connectivity index (χ3v) is 4.41. The maximum absolute atomic E-state index is 12.6. The molecular weight excluding hydrogens is 348 g/mol. The van der Waals surface area contributed by atoms with Gasteiger partial charge in [-0.15, -0.1) is 0 Å². The summed E-state index contributed by atoms with van der Waals surface area (Å²) in [5.41, 5.74) is 1.86. The van der Waals surface area contributed by atoms with Crippen LogP contribution in [0.25, 0.3) is 5.69 Å². The fourth-order valence-corrected chi connectivity index (χ4v) is 3.04. The van der Waals surface area contributed by atoms with E-state index in [1.54, 1.807) is 24.4 Å². The third kappa shape index (κ3) is 3.37. The maximum atomic E-state index is 12.6. The van der Waals surface area contributed by atoms with Gasteiger partial charge in [-0.2, -0.15) is 5.10 Å². The lowest BCUT2D eigenvalue weighted by Crippen LogP contribution is -2.32. The molecule has 0 saturated heterocycles. The Labute approximate surface area is 154 Å². The Kier molecular flexibility index (Phi) is 4.29. The first-order chi connectivity index (χ1) is 13.1.